The van der Waals surface area contributed by atoms with Gasteiger partial charge in [-0.2, -0.15) is 0 Å². The van der Waals surface area contributed by atoms with Gasteiger partial charge in [0, 0.05) is 5.92 Å². The van der Waals surface area contributed by atoms with Gasteiger partial charge in [-0.25, -0.2) is 4.79 Å². The molecule has 0 bridgehead atoms. The average Bonchev–Trinajstić information content (AvgIpc) is 2.54. The first kappa shape index (κ1) is 15.3. The van der Waals surface area contributed by atoms with Crippen LogP contribution >= 0.6 is 0 Å². The lowest BCUT2D eigenvalue weighted by atomic mass is 9.86. The van der Waals surface area contributed by atoms with Crippen LogP contribution in [0.2, 0.25) is 0 Å². The molecule has 2 atom stereocenters. The molecule has 0 fully saturated rings. The Bertz CT molecular complexity index is 865. The van der Waals surface area contributed by atoms with Crippen LogP contribution in [0.5, 0.6) is 5.75 Å². The van der Waals surface area contributed by atoms with Gasteiger partial charge in [0.25, 0.3) is 0 Å². The van der Waals surface area contributed by atoms with Crippen LogP contribution in [-0.2, 0) is 0 Å². The van der Waals surface area contributed by atoms with E-state index in [4.69, 9.17) is 4.42 Å². The highest BCUT2D eigenvalue weighted by Gasteiger charge is 2.25. The van der Waals surface area contributed by atoms with Gasteiger partial charge in [-0.1, -0.05) is 42.5 Å². The lowest BCUT2D eigenvalue weighted by molar-refractivity contribution is 0.178. The van der Waals surface area contributed by atoms with Crippen LogP contribution in [0.25, 0.3) is 11.0 Å². The maximum Gasteiger partial charge on any atom is 0.343 e. The Labute approximate surface area is 133 Å². The number of hydrogen-bond donors (Lipinski definition) is 2. The van der Waals surface area contributed by atoms with Gasteiger partial charge in [-0.15, -0.1) is 0 Å². The van der Waals surface area contributed by atoms with Crippen molar-refractivity contribution in [3.8, 4) is 5.75 Å². The molecule has 118 valence electrons. The fourth-order valence-electron chi connectivity index (χ4n) is 2.90. The van der Waals surface area contributed by atoms with E-state index in [1.807, 2.05) is 30.3 Å². The summed E-state index contributed by atoms with van der Waals surface area (Å²) in [7, 11) is 0. The maximum absolute atomic E-state index is 12.4. The summed E-state index contributed by atoms with van der Waals surface area (Å²) in [5.74, 6) is -0.511. The summed E-state index contributed by atoms with van der Waals surface area (Å²) in [5, 5.41) is 21.0. The first-order chi connectivity index (χ1) is 11.1. The predicted octanol–water partition coefficient (Wildman–Crippen LogP) is 3.40. The van der Waals surface area contributed by atoms with Crippen LogP contribution < -0.4 is 5.63 Å². The molecule has 0 radical (unpaired) electrons. The molecule has 2 aromatic carbocycles. The van der Waals surface area contributed by atoms with Crippen LogP contribution in [-0.4, -0.2) is 16.3 Å². The Morgan fingerprint density at radius 3 is 2.39 bits per heavy atom. The van der Waals surface area contributed by atoms with Gasteiger partial charge in [0.1, 0.15) is 11.3 Å². The molecular weight excluding hydrogens is 292 g/mol. The second kappa shape index (κ2) is 6.26. The van der Waals surface area contributed by atoms with Gasteiger partial charge in [-0.3, -0.25) is 0 Å². The molecule has 0 saturated heterocycles. The smallest absolute Gasteiger partial charge is 0.343 e. The van der Waals surface area contributed by atoms with E-state index in [2.05, 4.69) is 0 Å². The van der Waals surface area contributed by atoms with Crippen LogP contribution in [0.1, 0.15) is 30.4 Å². The predicted molar refractivity (Wildman–Crippen MR) is 88.7 cm³/mol. The Hall–Kier alpha value is -2.59. The third kappa shape index (κ3) is 2.98. The van der Waals surface area contributed by atoms with Gasteiger partial charge in [-0.05, 0) is 31.0 Å². The molecule has 3 rings (SSSR count). The van der Waals surface area contributed by atoms with Crippen molar-refractivity contribution in [3.63, 3.8) is 0 Å². The van der Waals surface area contributed by atoms with Crippen molar-refractivity contribution in [2.75, 3.05) is 0 Å². The normalized spacial score (nSPS) is 13.8. The lowest BCUT2D eigenvalue weighted by Gasteiger charge is -2.20. The zero-order chi connectivity index (χ0) is 16.4. The highest BCUT2D eigenvalue weighted by Crippen LogP contribution is 2.36. The zero-order valence-electron chi connectivity index (χ0n) is 12.8. The molecule has 1 heterocycles. The van der Waals surface area contributed by atoms with Crippen LogP contribution in [0, 0.1) is 0 Å². The van der Waals surface area contributed by atoms with Crippen molar-refractivity contribution in [1.82, 2.24) is 0 Å². The SMILES string of the molecule is CC(O)C[C@@H](c1ccccc1)c1c(O)c2ccccc2oc1=O. The molecule has 4 nitrogen and oxygen atoms in total. The number of aliphatic hydroxyl groups excluding tert-OH is 1. The van der Waals surface area contributed by atoms with Crippen LogP contribution in [0.4, 0.5) is 0 Å². The zero-order valence-corrected chi connectivity index (χ0v) is 12.8. The van der Waals surface area contributed by atoms with E-state index in [1.165, 1.54) is 0 Å². The number of hydrogen-bond acceptors (Lipinski definition) is 4. The highest BCUT2D eigenvalue weighted by atomic mass is 16.4. The first-order valence-corrected chi connectivity index (χ1v) is 7.55. The summed E-state index contributed by atoms with van der Waals surface area (Å²) in [6.45, 7) is 1.66. The third-order valence-electron chi connectivity index (χ3n) is 3.95. The molecule has 23 heavy (non-hydrogen) atoms. The Morgan fingerprint density at radius 2 is 1.70 bits per heavy atom. The van der Waals surface area contributed by atoms with E-state index in [1.54, 1.807) is 31.2 Å². The van der Waals surface area contributed by atoms with Gasteiger partial charge in [0.05, 0.1) is 17.1 Å². The monoisotopic (exact) mass is 310 g/mol. The maximum atomic E-state index is 12.4. The second-order valence-corrected chi connectivity index (χ2v) is 5.70. The quantitative estimate of drug-likeness (QED) is 0.725. The first-order valence-electron chi connectivity index (χ1n) is 7.55. The molecule has 3 aromatic rings. The lowest BCUT2D eigenvalue weighted by Crippen LogP contribution is -2.18. The minimum absolute atomic E-state index is 0.0775. The van der Waals surface area contributed by atoms with E-state index in [0.717, 1.165) is 5.56 Å². The van der Waals surface area contributed by atoms with Crippen molar-refractivity contribution in [2.45, 2.75) is 25.4 Å². The van der Waals surface area contributed by atoms with Crippen molar-refractivity contribution >= 4 is 11.0 Å². The van der Waals surface area contributed by atoms with Crippen molar-refractivity contribution < 1.29 is 14.6 Å². The standard InChI is InChI=1S/C19H18O4/c1-12(20)11-15(13-7-3-2-4-8-13)17-18(21)14-9-5-6-10-16(14)23-19(17)22/h2-10,12,15,20-21H,11H2,1H3/t12?,15-/m0/s1. The second-order valence-electron chi connectivity index (χ2n) is 5.70. The van der Waals surface area contributed by atoms with E-state index in [-0.39, 0.29) is 11.3 Å². The molecule has 0 aliphatic rings. The summed E-state index contributed by atoms with van der Waals surface area (Å²) in [4.78, 5) is 12.4. The molecule has 1 aromatic heterocycles. The number of para-hydroxylation sites is 1. The largest absolute Gasteiger partial charge is 0.507 e. The minimum atomic E-state index is -0.620. The van der Waals surface area contributed by atoms with Gasteiger partial charge >= 0.3 is 5.63 Å². The van der Waals surface area contributed by atoms with E-state index in [0.29, 0.717) is 17.4 Å². The fraction of sp³-hybridized carbons (Fsp3) is 0.211. The number of rotatable bonds is 4. The number of aliphatic hydroxyl groups is 1. The average molecular weight is 310 g/mol. The summed E-state index contributed by atoms with van der Waals surface area (Å²) in [6.07, 6.45) is -0.300. The van der Waals surface area contributed by atoms with Gasteiger partial charge in [0.2, 0.25) is 0 Å². The van der Waals surface area contributed by atoms with E-state index >= 15 is 0 Å². The Balaban J connectivity index is 2.24. The summed E-state index contributed by atoms with van der Waals surface area (Å²) in [5.41, 5.74) is 0.820. The summed E-state index contributed by atoms with van der Waals surface area (Å²) < 4.78 is 5.36. The van der Waals surface area contributed by atoms with Gasteiger partial charge in [0.15, 0.2) is 0 Å². The third-order valence-corrected chi connectivity index (χ3v) is 3.95. The topological polar surface area (TPSA) is 70.7 Å². The number of aromatic hydroxyl groups is 1. The molecule has 0 spiro atoms. The molecular formula is C19H18O4. The molecule has 0 aliphatic carbocycles. The fourth-order valence-corrected chi connectivity index (χ4v) is 2.90. The number of fused-ring (bicyclic) bond motifs is 1. The molecule has 0 aliphatic heterocycles. The Kier molecular flexibility index (Phi) is 4.17. The summed E-state index contributed by atoms with van der Waals surface area (Å²) in [6, 6.07) is 16.2. The van der Waals surface area contributed by atoms with E-state index in [9.17, 15) is 15.0 Å². The van der Waals surface area contributed by atoms with Crippen molar-refractivity contribution in [1.29, 1.82) is 0 Å². The van der Waals surface area contributed by atoms with Crippen molar-refractivity contribution in [3.05, 3.63) is 76.1 Å². The van der Waals surface area contributed by atoms with Crippen molar-refractivity contribution in [2.24, 2.45) is 0 Å². The van der Waals surface area contributed by atoms with Gasteiger partial charge < -0.3 is 14.6 Å². The summed E-state index contributed by atoms with van der Waals surface area (Å²) >= 11 is 0. The molecule has 4 heteroatoms. The molecule has 0 saturated carbocycles. The molecule has 2 N–H and O–H groups in total. The molecule has 0 amide bonds. The van der Waals surface area contributed by atoms with Crippen LogP contribution in [0.3, 0.4) is 0 Å². The minimum Gasteiger partial charge on any atom is -0.507 e. The highest BCUT2D eigenvalue weighted by molar-refractivity contribution is 5.84. The number of benzene rings is 2. The van der Waals surface area contributed by atoms with E-state index < -0.39 is 17.6 Å². The Morgan fingerprint density at radius 1 is 1.04 bits per heavy atom. The van der Waals surface area contributed by atoms with Crippen LogP contribution in [0.15, 0.2) is 63.8 Å². The molecule has 1 unspecified atom stereocenters.